The van der Waals surface area contributed by atoms with Crippen LogP contribution in [0.25, 0.3) is 11.3 Å². The molecule has 1 N–H and O–H groups in total. The van der Waals surface area contributed by atoms with Crippen molar-refractivity contribution in [2.75, 3.05) is 0 Å². The number of carbonyl (C=O) groups is 1. The van der Waals surface area contributed by atoms with E-state index in [0.29, 0.717) is 21.4 Å². The fraction of sp³-hybridized carbons (Fsp3) is 0.231. The molecule has 6 heteroatoms. The summed E-state index contributed by atoms with van der Waals surface area (Å²) >= 11 is 3.37. The van der Waals surface area contributed by atoms with Gasteiger partial charge in [0.15, 0.2) is 0 Å². The fourth-order valence-electron chi connectivity index (χ4n) is 1.84. The Balaban J connectivity index is 2.51. The van der Waals surface area contributed by atoms with E-state index in [2.05, 4.69) is 21.0 Å². The smallest absolute Gasteiger partial charge is 0.309 e. The van der Waals surface area contributed by atoms with Gasteiger partial charge in [0.25, 0.3) is 0 Å². The average Bonchev–Trinajstić information content (AvgIpc) is 2.60. The molecule has 2 rings (SSSR count). The second-order valence-electron chi connectivity index (χ2n) is 4.27. The highest BCUT2D eigenvalue weighted by molar-refractivity contribution is 9.10. The molecule has 1 aromatic heterocycles. The SMILES string of the molecule is Cc1cc(-c2nn(C)c(CC(=O)O)c2Br)ccc1F. The van der Waals surface area contributed by atoms with Crippen molar-refractivity contribution >= 4 is 21.9 Å². The van der Waals surface area contributed by atoms with Gasteiger partial charge in [-0.05, 0) is 46.6 Å². The molecule has 1 heterocycles. The first kappa shape index (κ1) is 13.7. The molecule has 0 aliphatic carbocycles. The van der Waals surface area contributed by atoms with E-state index in [1.54, 1.807) is 26.1 Å². The highest BCUT2D eigenvalue weighted by Gasteiger charge is 2.18. The van der Waals surface area contributed by atoms with Crippen LogP contribution in [-0.4, -0.2) is 20.9 Å². The van der Waals surface area contributed by atoms with Crippen LogP contribution in [0.3, 0.4) is 0 Å². The first-order valence-electron chi connectivity index (χ1n) is 5.60. The van der Waals surface area contributed by atoms with Crippen LogP contribution in [0.1, 0.15) is 11.3 Å². The summed E-state index contributed by atoms with van der Waals surface area (Å²) in [6, 6.07) is 4.69. The minimum Gasteiger partial charge on any atom is -0.481 e. The Morgan fingerprint density at radius 1 is 1.53 bits per heavy atom. The number of nitrogens with zero attached hydrogens (tertiary/aromatic N) is 2. The van der Waals surface area contributed by atoms with E-state index in [1.165, 1.54) is 10.7 Å². The number of aliphatic carboxylic acids is 1. The second-order valence-corrected chi connectivity index (χ2v) is 5.06. The molecule has 2 aromatic rings. The number of aromatic nitrogens is 2. The van der Waals surface area contributed by atoms with Crippen LogP contribution in [0, 0.1) is 12.7 Å². The summed E-state index contributed by atoms with van der Waals surface area (Å²) in [7, 11) is 1.68. The summed E-state index contributed by atoms with van der Waals surface area (Å²) in [6.45, 7) is 1.67. The molecule has 0 aliphatic rings. The third kappa shape index (κ3) is 2.68. The Kier molecular flexibility index (Phi) is 3.71. The lowest BCUT2D eigenvalue weighted by Gasteiger charge is -2.01. The Bertz CT molecular complexity index is 652. The topological polar surface area (TPSA) is 55.1 Å². The van der Waals surface area contributed by atoms with E-state index in [9.17, 15) is 9.18 Å². The number of halogens is 2. The minimum atomic E-state index is -0.925. The molecule has 0 atom stereocenters. The third-order valence-corrected chi connectivity index (χ3v) is 3.69. The Labute approximate surface area is 118 Å². The molecule has 0 saturated heterocycles. The van der Waals surface area contributed by atoms with Crippen LogP contribution >= 0.6 is 15.9 Å². The molecule has 0 fully saturated rings. The number of benzene rings is 1. The minimum absolute atomic E-state index is 0.121. The van der Waals surface area contributed by atoms with Gasteiger partial charge in [-0.15, -0.1) is 0 Å². The van der Waals surface area contributed by atoms with E-state index in [-0.39, 0.29) is 12.2 Å². The van der Waals surface area contributed by atoms with Gasteiger partial charge in [-0.2, -0.15) is 5.10 Å². The van der Waals surface area contributed by atoms with Gasteiger partial charge in [-0.1, -0.05) is 0 Å². The Morgan fingerprint density at radius 2 is 2.21 bits per heavy atom. The molecular weight excluding hydrogens is 315 g/mol. The van der Waals surface area contributed by atoms with Gasteiger partial charge in [-0.25, -0.2) is 4.39 Å². The van der Waals surface area contributed by atoms with Crippen LogP contribution in [0.15, 0.2) is 22.7 Å². The number of hydrogen-bond acceptors (Lipinski definition) is 2. The van der Waals surface area contributed by atoms with Gasteiger partial charge >= 0.3 is 5.97 Å². The van der Waals surface area contributed by atoms with Crippen molar-refractivity contribution in [2.45, 2.75) is 13.3 Å². The monoisotopic (exact) mass is 326 g/mol. The first-order chi connectivity index (χ1) is 8.90. The number of aryl methyl sites for hydroxylation is 2. The van der Waals surface area contributed by atoms with E-state index >= 15 is 0 Å². The van der Waals surface area contributed by atoms with Crippen LogP contribution in [0.4, 0.5) is 4.39 Å². The molecule has 100 valence electrons. The van der Waals surface area contributed by atoms with Gasteiger partial charge in [0.1, 0.15) is 11.5 Å². The lowest BCUT2D eigenvalue weighted by molar-refractivity contribution is -0.136. The molecule has 19 heavy (non-hydrogen) atoms. The van der Waals surface area contributed by atoms with Crippen LogP contribution in [0.5, 0.6) is 0 Å². The summed E-state index contributed by atoms with van der Waals surface area (Å²) in [5.74, 6) is -1.20. The summed E-state index contributed by atoms with van der Waals surface area (Å²) < 4.78 is 15.4. The molecule has 4 nitrogen and oxygen atoms in total. The summed E-state index contributed by atoms with van der Waals surface area (Å²) in [4.78, 5) is 10.8. The van der Waals surface area contributed by atoms with Crippen molar-refractivity contribution in [1.29, 1.82) is 0 Å². The number of rotatable bonds is 3. The fourth-order valence-corrected chi connectivity index (χ4v) is 2.55. The number of carboxylic acids is 1. The lowest BCUT2D eigenvalue weighted by atomic mass is 10.1. The number of carboxylic acid groups (broad SMARTS) is 1. The molecule has 0 saturated carbocycles. The average molecular weight is 327 g/mol. The second kappa shape index (κ2) is 5.13. The first-order valence-corrected chi connectivity index (χ1v) is 6.39. The molecule has 1 aromatic carbocycles. The maximum absolute atomic E-state index is 13.3. The molecule has 0 unspecified atom stereocenters. The normalized spacial score (nSPS) is 10.7. The van der Waals surface area contributed by atoms with Crippen LogP contribution < -0.4 is 0 Å². The molecule has 0 amide bonds. The zero-order valence-corrected chi connectivity index (χ0v) is 12.0. The predicted molar refractivity (Wildman–Crippen MR) is 72.4 cm³/mol. The Morgan fingerprint density at radius 3 is 2.79 bits per heavy atom. The van der Waals surface area contributed by atoms with E-state index < -0.39 is 5.97 Å². The van der Waals surface area contributed by atoms with E-state index in [1.807, 2.05) is 0 Å². The highest BCUT2D eigenvalue weighted by atomic mass is 79.9. The highest BCUT2D eigenvalue weighted by Crippen LogP contribution is 2.31. The van der Waals surface area contributed by atoms with Crippen molar-refractivity contribution in [3.05, 3.63) is 39.7 Å². The third-order valence-electron chi connectivity index (χ3n) is 2.85. The largest absolute Gasteiger partial charge is 0.481 e. The molecule has 0 spiro atoms. The van der Waals surface area contributed by atoms with Gasteiger partial charge in [0.2, 0.25) is 0 Å². The Hall–Kier alpha value is -1.69. The predicted octanol–water partition coefficient (Wildman–Crippen LogP) is 2.92. The van der Waals surface area contributed by atoms with Crippen molar-refractivity contribution in [3.8, 4) is 11.3 Å². The van der Waals surface area contributed by atoms with Gasteiger partial charge < -0.3 is 5.11 Å². The van der Waals surface area contributed by atoms with Gasteiger partial charge in [-0.3, -0.25) is 9.48 Å². The van der Waals surface area contributed by atoms with Crippen molar-refractivity contribution in [2.24, 2.45) is 7.05 Å². The summed E-state index contributed by atoms with van der Waals surface area (Å²) in [6.07, 6.45) is -0.121. The van der Waals surface area contributed by atoms with Crippen molar-refractivity contribution in [1.82, 2.24) is 9.78 Å². The van der Waals surface area contributed by atoms with Crippen molar-refractivity contribution < 1.29 is 14.3 Å². The molecule has 0 radical (unpaired) electrons. The molecule has 0 aliphatic heterocycles. The van der Waals surface area contributed by atoms with Crippen LogP contribution in [0.2, 0.25) is 0 Å². The van der Waals surface area contributed by atoms with Crippen molar-refractivity contribution in [3.63, 3.8) is 0 Å². The van der Waals surface area contributed by atoms with Gasteiger partial charge in [0.05, 0.1) is 16.6 Å². The lowest BCUT2D eigenvalue weighted by Crippen LogP contribution is -2.06. The standard InChI is InChI=1S/C13H12BrFN2O2/c1-7-5-8(3-4-9(7)15)13-12(14)10(6-11(18)19)17(2)16-13/h3-5H,6H2,1-2H3,(H,18,19). The van der Waals surface area contributed by atoms with E-state index in [4.69, 9.17) is 5.11 Å². The summed E-state index contributed by atoms with van der Waals surface area (Å²) in [5.41, 5.74) is 2.46. The maximum Gasteiger partial charge on any atom is 0.309 e. The zero-order valence-electron chi connectivity index (χ0n) is 10.4. The van der Waals surface area contributed by atoms with E-state index in [0.717, 1.165) is 5.56 Å². The van der Waals surface area contributed by atoms with Crippen LogP contribution in [-0.2, 0) is 18.3 Å². The quantitative estimate of drug-likeness (QED) is 0.943. The molecule has 0 bridgehead atoms. The maximum atomic E-state index is 13.3. The van der Waals surface area contributed by atoms with Gasteiger partial charge in [0, 0.05) is 12.6 Å². The molecular formula is C13H12BrFN2O2. The summed E-state index contributed by atoms with van der Waals surface area (Å²) in [5, 5.41) is 13.2. The zero-order chi connectivity index (χ0) is 14.2. The number of hydrogen-bond donors (Lipinski definition) is 1.